The molecule has 5 nitrogen and oxygen atoms in total. The van der Waals surface area contributed by atoms with E-state index in [2.05, 4.69) is 0 Å². The molecule has 1 heterocycles. The number of amides is 1. The molecule has 0 bridgehead atoms. The Morgan fingerprint density at radius 1 is 1.50 bits per heavy atom. The lowest BCUT2D eigenvalue weighted by molar-refractivity contribution is -0.143. The van der Waals surface area contributed by atoms with Gasteiger partial charge in [0.2, 0.25) is 5.91 Å². The standard InChI is InChI=1S/C13H17NO4/c1-10(2)8-14(9-13(16)17)12(15)6-5-11-4-3-7-18-11/h3-7,10H,8-9H2,1-2H3,(H,16,17). The van der Waals surface area contributed by atoms with Crippen LogP contribution in [-0.2, 0) is 9.59 Å². The largest absolute Gasteiger partial charge is 0.480 e. The summed E-state index contributed by atoms with van der Waals surface area (Å²) in [5.41, 5.74) is 0. The second-order valence-electron chi connectivity index (χ2n) is 4.36. The summed E-state index contributed by atoms with van der Waals surface area (Å²) in [6, 6.07) is 3.43. The lowest BCUT2D eigenvalue weighted by atomic mass is 10.2. The molecule has 98 valence electrons. The fraction of sp³-hybridized carbons (Fsp3) is 0.385. The highest BCUT2D eigenvalue weighted by molar-refractivity contribution is 5.93. The molecule has 1 aromatic heterocycles. The third-order valence-corrected chi connectivity index (χ3v) is 2.16. The summed E-state index contributed by atoms with van der Waals surface area (Å²) in [5.74, 6) is -0.577. The molecule has 0 aliphatic heterocycles. The van der Waals surface area contributed by atoms with Crippen LogP contribution in [0.1, 0.15) is 19.6 Å². The van der Waals surface area contributed by atoms with Gasteiger partial charge >= 0.3 is 5.97 Å². The number of carbonyl (C=O) groups excluding carboxylic acids is 1. The number of rotatable bonds is 6. The molecule has 0 unspecified atom stereocenters. The second-order valence-corrected chi connectivity index (χ2v) is 4.36. The van der Waals surface area contributed by atoms with E-state index < -0.39 is 5.97 Å². The number of furan rings is 1. The average molecular weight is 251 g/mol. The van der Waals surface area contributed by atoms with E-state index in [-0.39, 0.29) is 18.4 Å². The topological polar surface area (TPSA) is 70.8 Å². The Balaban J connectivity index is 2.66. The van der Waals surface area contributed by atoms with Gasteiger partial charge in [-0.1, -0.05) is 13.8 Å². The zero-order valence-corrected chi connectivity index (χ0v) is 10.5. The summed E-state index contributed by atoms with van der Waals surface area (Å²) in [5, 5.41) is 8.76. The molecule has 0 spiro atoms. The quantitative estimate of drug-likeness (QED) is 0.783. The van der Waals surface area contributed by atoms with Crippen molar-refractivity contribution in [1.29, 1.82) is 0 Å². The molecule has 0 aromatic carbocycles. The van der Waals surface area contributed by atoms with Crippen molar-refractivity contribution in [2.75, 3.05) is 13.1 Å². The molecular weight excluding hydrogens is 234 g/mol. The van der Waals surface area contributed by atoms with Gasteiger partial charge in [0, 0.05) is 12.6 Å². The van der Waals surface area contributed by atoms with E-state index in [0.29, 0.717) is 12.3 Å². The number of hydrogen-bond acceptors (Lipinski definition) is 3. The van der Waals surface area contributed by atoms with Crippen LogP contribution in [-0.4, -0.2) is 35.0 Å². The Hall–Kier alpha value is -2.04. The van der Waals surface area contributed by atoms with E-state index in [4.69, 9.17) is 9.52 Å². The van der Waals surface area contributed by atoms with E-state index in [1.54, 1.807) is 12.1 Å². The molecule has 0 aliphatic carbocycles. The Kier molecular flexibility index (Phi) is 5.17. The summed E-state index contributed by atoms with van der Waals surface area (Å²) < 4.78 is 5.05. The van der Waals surface area contributed by atoms with E-state index in [9.17, 15) is 9.59 Å². The SMILES string of the molecule is CC(C)CN(CC(=O)O)C(=O)C=Cc1ccco1. The summed E-state index contributed by atoms with van der Waals surface area (Å²) in [6.07, 6.45) is 4.36. The number of hydrogen-bond donors (Lipinski definition) is 1. The fourth-order valence-corrected chi connectivity index (χ4v) is 1.48. The molecule has 0 radical (unpaired) electrons. The van der Waals surface area contributed by atoms with E-state index >= 15 is 0 Å². The first-order valence-electron chi connectivity index (χ1n) is 5.71. The highest BCUT2D eigenvalue weighted by Gasteiger charge is 2.15. The van der Waals surface area contributed by atoms with Crippen molar-refractivity contribution in [2.24, 2.45) is 5.92 Å². The van der Waals surface area contributed by atoms with Gasteiger partial charge in [-0.25, -0.2) is 0 Å². The predicted molar refractivity (Wildman–Crippen MR) is 66.8 cm³/mol. The molecular formula is C13H17NO4. The summed E-state index contributed by atoms with van der Waals surface area (Å²) in [4.78, 5) is 23.8. The number of nitrogens with zero attached hydrogens (tertiary/aromatic N) is 1. The summed E-state index contributed by atoms with van der Waals surface area (Å²) >= 11 is 0. The van der Waals surface area contributed by atoms with Crippen molar-refractivity contribution in [3.63, 3.8) is 0 Å². The van der Waals surface area contributed by atoms with Crippen molar-refractivity contribution >= 4 is 18.0 Å². The number of carboxylic acid groups (broad SMARTS) is 1. The zero-order valence-electron chi connectivity index (χ0n) is 10.5. The van der Waals surface area contributed by atoms with E-state index in [1.807, 2.05) is 13.8 Å². The minimum absolute atomic E-state index is 0.213. The van der Waals surface area contributed by atoms with Crippen molar-refractivity contribution in [3.8, 4) is 0 Å². The van der Waals surface area contributed by atoms with Gasteiger partial charge in [0.05, 0.1) is 6.26 Å². The molecule has 1 aromatic rings. The van der Waals surface area contributed by atoms with Crippen LogP contribution in [0.5, 0.6) is 0 Å². The lowest BCUT2D eigenvalue weighted by Gasteiger charge is -2.20. The monoisotopic (exact) mass is 251 g/mol. The number of carbonyl (C=O) groups is 2. The Labute approximate surface area is 106 Å². The molecule has 0 atom stereocenters. The predicted octanol–water partition coefficient (Wildman–Crippen LogP) is 1.86. The molecule has 0 fully saturated rings. The van der Waals surface area contributed by atoms with E-state index in [0.717, 1.165) is 0 Å². The maximum absolute atomic E-state index is 11.8. The third-order valence-electron chi connectivity index (χ3n) is 2.16. The van der Waals surface area contributed by atoms with Crippen molar-refractivity contribution in [3.05, 3.63) is 30.2 Å². The smallest absolute Gasteiger partial charge is 0.323 e. The van der Waals surface area contributed by atoms with E-state index in [1.165, 1.54) is 23.3 Å². The normalized spacial score (nSPS) is 11.1. The highest BCUT2D eigenvalue weighted by Crippen LogP contribution is 2.05. The molecule has 5 heteroatoms. The molecule has 0 saturated heterocycles. The summed E-state index contributed by atoms with van der Waals surface area (Å²) in [6.45, 7) is 3.98. The zero-order chi connectivity index (χ0) is 13.5. The minimum Gasteiger partial charge on any atom is -0.480 e. The van der Waals surface area contributed by atoms with Gasteiger partial charge in [0.1, 0.15) is 12.3 Å². The number of aliphatic carboxylic acids is 1. The van der Waals surface area contributed by atoms with Gasteiger partial charge < -0.3 is 14.4 Å². The first-order valence-corrected chi connectivity index (χ1v) is 5.71. The fourth-order valence-electron chi connectivity index (χ4n) is 1.48. The van der Waals surface area contributed by atoms with Crippen LogP contribution in [0, 0.1) is 5.92 Å². The van der Waals surface area contributed by atoms with Crippen molar-refractivity contribution < 1.29 is 19.1 Å². The first-order chi connectivity index (χ1) is 8.49. The van der Waals surface area contributed by atoms with Gasteiger partial charge in [-0.2, -0.15) is 0 Å². The Morgan fingerprint density at radius 2 is 2.22 bits per heavy atom. The van der Waals surface area contributed by atoms with Gasteiger partial charge in [-0.05, 0) is 24.1 Å². The number of carboxylic acids is 1. The van der Waals surface area contributed by atoms with Crippen LogP contribution in [0.2, 0.25) is 0 Å². The van der Waals surface area contributed by atoms with Crippen molar-refractivity contribution in [2.45, 2.75) is 13.8 Å². The molecule has 0 aliphatic rings. The van der Waals surface area contributed by atoms with Gasteiger partial charge in [0.15, 0.2) is 0 Å². The maximum atomic E-state index is 11.8. The van der Waals surface area contributed by atoms with Crippen molar-refractivity contribution in [1.82, 2.24) is 4.90 Å². The Morgan fingerprint density at radius 3 is 2.72 bits per heavy atom. The molecule has 1 amide bonds. The van der Waals surface area contributed by atoms with Gasteiger partial charge in [0.25, 0.3) is 0 Å². The van der Waals surface area contributed by atoms with Gasteiger partial charge in [-0.15, -0.1) is 0 Å². The average Bonchev–Trinajstić information content (AvgIpc) is 2.76. The molecule has 1 N–H and O–H groups in total. The highest BCUT2D eigenvalue weighted by atomic mass is 16.4. The van der Waals surface area contributed by atoms with Crippen LogP contribution in [0.3, 0.4) is 0 Å². The third kappa shape index (κ3) is 4.86. The molecule has 18 heavy (non-hydrogen) atoms. The van der Waals surface area contributed by atoms with Crippen LogP contribution in [0.15, 0.2) is 28.9 Å². The lowest BCUT2D eigenvalue weighted by Crippen LogP contribution is -2.37. The van der Waals surface area contributed by atoms with Crippen LogP contribution in [0.4, 0.5) is 0 Å². The maximum Gasteiger partial charge on any atom is 0.323 e. The van der Waals surface area contributed by atoms with Crippen LogP contribution >= 0.6 is 0 Å². The van der Waals surface area contributed by atoms with Crippen LogP contribution in [0.25, 0.3) is 6.08 Å². The molecule has 1 rings (SSSR count). The Bertz CT molecular complexity index is 420. The minimum atomic E-state index is -1.02. The summed E-state index contributed by atoms with van der Waals surface area (Å²) in [7, 11) is 0. The van der Waals surface area contributed by atoms with Crippen LogP contribution < -0.4 is 0 Å². The van der Waals surface area contributed by atoms with Gasteiger partial charge in [-0.3, -0.25) is 9.59 Å². The molecule has 0 saturated carbocycles. The first kappa shape index (κ1) is 14.0. The second kappa shape index (κ2) is 6.64.